The van der Waals surface area contributed by atoms with E-state index in [0.717, 1.165) is 9.65 Å². The molecule has 0 N–H and O–H groups in total. The molecule has 2 aromatic rings. The van der Waals surface area contributed by atoms with E-state index in [0.29, 0.717) is 18.3 Å². The summed E-state index contributed by atoms with van der Waals surface area (Å²) in [6, 6.07) is 7.49. The van der Waals surface area contributed by atoms with E-state index in [2.05, 4.69) is 3.98 Å². The van der Waals surface area contributed by atoms with E-state index in [1.165, 1.54) is 0 Å². The van der Waals surface area contributed by atoms with Gasteiger partial charge < -0.3 is 0 Å². The Kier molecular flexibility index (Phi) is 2.74. The number of benzene rings is 1. The molecule has 0 radical (unpaired) electrons. The molecule has 0 aliphatic carbocycles. The van der Waals surface area contributed by atoms with Gasteiger partial charge in [-0.1, -0.05) is 0 Å². The van der Waals surface area contributed by atoms with E-state index in [1.807, 2.05) is 24.3 Å². The zero-order valence-electron chi connectivity index (χ0n) is 7.51. The summed E-state index contributed by atoms with van der Waals surface area (Å²) in [7, 11) is 0. The molecule has 2 rings (SSSR count). The first-order valence-corrected chi connectivity index (χ1v) is 6.18. The normalized spacial score (nSPS) is 11.5. The molecular weight excluding hydrogens is 281 g/mol. The van der Waals surface area contributed by atoms with Gasteiger partial charge in [-0.2, -0.15) is 0 Å². The fourth-order valence-electron chi connectivity index (χ4n) is 1.30. The number of aldehydes is 2. The Hall–Kier alpha value is -0.961. The number of nitrogens with zero attached hydrogens (tertiary/aromatic N) is 1. The summed E-state index contributed by atoms with van der Waals surface area (Å²) in [5.41, 5.74) is 0.379. The molecule has 15 heavy (non-hydrogen) atoms. The maximum absolute atomic E-state index is 10.8. The van der Waals surface area contributed by atoms with Crippen LogP contribution in [0.3, 0.4) is 0 Å². The summed E-state index contributed by atoms with van der Waals surface area (Å²) in [6.07, 6.45) is 0.858. The minimum absolute atomic E-state index is 0.0852. The Labute approximate surface area is 97.0 Å². The summed E-state index contributed by atoms with van der Waals surface area (Å²) < 4.78 is 5.25. The first-order chi connectivity index (χ1) is 7.21. The van der Waals surface area contributed by atoms with Crippen molar-refractivity contribution in [2.75, 3.05) is 0 Å². The Morgan fingerprint density at radius 1 is 1.27 bits per heavy atom. The van der Waals surface area contributed by atoms with E-state index in [9.17, 15) is 9.59 Å². The number of halogens is 1. The second-order valence-electron chi connectivity index (χ2n) is 3.03. The fraction of sp³-hybridized carbons (Fsp3) is 0.100. The predicted octanol–water partition coefficient (Wildman–Crippen LogP) is 1.12. The van der Waals surface area contributed by atoms with Crippen LogP contribution in [0.5, 0.6) is 0 Å². The quantitative estimate of drug-likeness (QED) is 0.368. The Bertz CT molecular complexity index is 515. The van der Waals surface area contributed by atoms with Gasteiger partial charge in [0.1, 0.15) is 0 Å². The molecule has 0 saturated carbocycles. The molecule has 0 saturated heterocycles. The number of fused-ring (bicyclic) bond motifs is 1. The molecule has 5 heteroatoms. The maximum atomic E-state index is 10.8. The molecule has 0 amide bonds. The van der Waals surface area contributed by atoms with Crippen molar-refractivity contribution in [3.63, 3.8) is 0 Å². The Balaban J connectivity index is 2.71. The summed E-state index contributed by atoms with van der Waals surface area (Å²) in [4.78, 5) is 20.0. The molecule has 1 heterocycles. The standard InChI is InChI=1S/C10H6ClNO2Se/c11-10(5-13,6-14)9-7-3-1-2-4-8(7)15-12-9/h1-6H. The van der Waals surface area contributed by atoms with Crippen molar-refractivity contribution < 1.29 is 9.59 Å². The molecule has 76 valence electrons. The number of hydrogen-bond acceptors (Lipinski definition) is 3. The third-order valence-corrected chi connectivity index (χ3v) is 4.17. The van der Waals surface area contributed by atoms with Crippen LogP contribution in [0.25, 0.3) is 9.65 Å². The van der Waals surface area contributed by atoms with Crippen LogP contribution in [-0.2, 0) is 14.5 Å². The van der Waals surface area contributed by atoms with E-state index < -0.39 is 4.87 Å². The first kappa shape index (κ1) is 10.6. The van der Waals surface area contributed by atoms with Gasteiger partial charge in [0.25, 0.3) is 0 Å². The van der Waals surface area contributed by atoms with E-state index >= 15 is 0 Å². The zero-order chi connectivity index (χ0) is 10.9. The van der Waals surface area contributed by atoms with Gasteiger partial charge in [-0.15, -0.1) is 0 Å². The summed E-state index contributed by atoms with van der Waals surface area (Å²) >= 11 is 5.80. The van der Waals surface area contributed by atoms with Crippen molar-refractivity contribution in [1.29, 1.82) is 0 Å². The number of carbonyl (C=O) groups excluding carboxylic acids is 2. The summed E-state index contributed by atoms with van der Waals surface area (Å²) in [5.74, 6) is 0. The van der Waals surface area contributed by atoms with Gasteiger partial charge in [0.05, 0.1) is 0 Å². The minimum atomic E-state index is -1.62. The van der Waals surface area contributed by atoms with Gasteiger partial charge in [-0.05, 0) is 0 Å². The van der Waals surface area contributed by atoms with E-state index in [4.69, 9.17) is 11.6 Å². The summed E-state index contributed by atoms with van der Waals surface area (Å²) in [5, 5.41) is 0.812. The van der Waals surface area contributed by atoms with Gasteiger partial charge in [-0.25, -0.2) is 0 Å². The molecular formula is C10H6ClNO2Se. The van der Waals surface area contributed by atoms with Crippen molar-refractivity contribution in [3.05, 3.63) is 30.0 Å². The topological polar surface area (TPSA) is 47.0 Å². The van der Waals surface area contributed by atoms with Gasteiger partial charge in [0.2, 0.25) is 0 Å². The van der Waals surface area contributed by atoms with Crippen LogP contribution < -0.4 is 0 Å². The van der Waals surface area contributed by atoms with Gasteiger partial charge in [-0.3, -0.25) is 0 Å². The molecule has 3 nitrogen and oxygen atoms in total. The van der Waals surface area contributed by atoms with Crippen LogP contribution in [0.1, 0.15) is 5.69 Å². The van der Waals surface area contributed by atoms with Crippen molar-refractivity contribution in [1.82, 2.24) is 3.98 Å². The monoisotopic (exact) mass is 287 g/mol. The van der Waals surface area contributed by atoms with Crippen LogP contribution >= 0.6 is 11.6 Å². The molecule has 0 aliphatic heterocycles. The average molecular weight is 287 g/mol. The van der Waals surface area contributed by atoms with Crippen molar-refractivity contribution in [3.8, 4) is 0 Å². The molecule has 1 aromatic carbocycles. The second-order valence-corrected chi connectivity index (χ2v) is 5.35. The van der Waals surface area contributed by atoms with Crippen LogP contribution in [0.15, 0.2) is 24.3 Å². The van der Waals surface area contributed by atoms with Crippen LogP contribution in [0.4, 0.5) is 0 Å². The number of alkyl halides is 1. The molecule has 0 unspecified atom stereocenters. The molecule has 1 aromatic heterocycles. The number of hydrogen-bond donors (Lipinski definition) is 0. The van der Waals surface area contributed by atoms with E-state index in [1.54, 1.807) is 0 Å². The second kappa shape index (κ2) is 3.89. The molecule has 0 fully saturated rings. The van der Waals surface area contributed by atoms with Gasteiger partial charge >= 0.3 is 97.0 Å². The predicted molar refractivity (Wildman–Crippen MR) is 58.3 cm³/mol. The molecule has 0 aliphatic rings. The van der Waals surface area contributed by atoms with E-state index in [-0.39, 0.29) is 14.7 Å². The van der Waals surface area contributed by atoms with Crippen molar-refractivity contribution in [2.45, 2.75) is 4.87 Å². The fourth-order valence-corrected chi connectivity index (χ4v) is 3.32. The van der Waals surface area contributed by atoms with Crippen LogP contribution in [-0.4, -0.2) is 31.3 Å². The average Bonchev–Trinajstić information content (AvgIpc) is 2.72. The number of rotatable bonds is 3. The molecule has 0 atom stereocenters. The van der Waals surface area contributed by atoms with Crippen LogP contribution in [0.2, 0.25) is 0 Å². The molecule has 0 bridgehead atoms. The van der Waals surface area contributed by atoms with Crippen molar-refractivity contribution >= 4 is 48.6 Å². The Morgan fingerprint density at radius 3 is 2.60 bits per heavy atom. The zero-order valence-corrected chi connectivity index (χ0v) is 9.98. The van der Waals surface area contributed by atoms with Crippen molar-refractivity contribution in [2.24, 2.45) is 0 Å². The third-order valence-electron chi connectivity index (χ3n) is 2.08. The SMILES string of the molecule is O=CC(Cl)(C=O)c1n[se]c2ccccc12. The number of aromatic nitrogens is 1. The van der Waals surface area contributed by atoms with Gasteiger partial charge in [0, 0.05) is 0 Å². The molecule has 0 spiro atoms. The Morgan fingerprint density at radius 2 is 1.93 bits per heavy atom. The van der Waals surface area contributed by atoms with Crippen LogP contribution in [0, 0.1) is 0 Å². The summed E-state index contributed by atoms with van der Waals surface area (Å²) in [6.45, 7) is 0. The van der Waals surface area contributed by atoms with Gasteiger partial charge in [0.15, 0.2) is 0 Å². The first-order valence-electron chi connectivity index (χ1n) is 4.18. The third kappa shape index (κ3) is 1.65. The number of carbonyl (C=O) groups is 2.